The number of Topliss-reactive ketones (excluding diaryl/α,β-unsaturated/α-hetero) is 1. The van der Waals surface area contributed by atoms with E-state index < -0.39 is 23.2 Å². The van der Waals surface area contributed by atoms with Crippen molar-refractivity contribution in [2.45, 2.75) is 20.8 Å². The highest BCUT2D eigenvalue weighted by Crippen LogP contribution is 2.58. The van der Waals surface area contributed by atoms with Crippen LogP contribution in [0, 0.1) is 17.3 Å². The molecule has 1 aliphatic carbocycles. The molecule has 0 heterocycles. The van der Waals surface area contributed by atoms with Gasteiger partial charge in [0.25, 0.3) is 0 Å². The zero-order valence-electron chi connectivity index (χ0n) is 11.6. The summed E-state index contributed by atoms with van der Waals surface area (Å²) < 4.78 is 0. The van der Waals surface area contributed by atoms with Gasteiger partial charge in [0, 0.05) is 11.3 Å². The topological polar surface area (TPSA) is 83.5 Å². The minimum atomic E-state index is -0.951. The number of amides is 1. The zero-order valence-corrected chi connectivity index (χ0v) is 11.6. The van der Waals surface area contributed by atoms with E-state index in [4.69, 9.17) is 5.11 Å². The molecule has 106 valence electrons. The Morgan fingerprint density at radius 1 is 1.20 bits per heavy atom. The molecule has 0 radical (unpaired) electrons. The van der Waals surface area contributed by atoms with Crippen LogP contribution in [0.4, 0.5) is 5.69 Å². The molecule has 20 heavy (non-hydrogen) atoms. The number of hydrogen-bond acceptors (Lipinski definition) is 3. The summed E-state index contributed by atoms with van der Waals surface area (Å²) >= 11 is 0. The lowest BCUT2D eigenvalue weighted by atomic mass is 10.1. The van der Waals surface area contributed by atoms with Gasteiger partial charge in [0.05, 0.1) is 11.8 Å². The van der Waals surface area contributed by atoms with Gasteiger partial charge in [-0.1, -0.05) is 26.0 Å². The Morgan fingerprint density at radius 2 is 1.85 bits per heavy atom. The summed E-state index contributed by atoms with van der Waals surface area (Å²) in [5.41, 5.74) is 0.482. The SMILES string of the molecule is CC(=O)c1cccc(NC(=O)[C@H]2[C@@H](C(=O)O)C2(C)C)c1. The third kappa shape index (κ3) is 2.43. The number of carboxylic acids is 1. The van der Waals surface area contributed by atoms with Gasteiger partial charge in [-0.2, -0.15) is 0 Å². The Morgan fingerprint density at radius 3 is 2.35 bits per heavy atom. The molecule has 1 amide bonds. The van der Waals surface area contributed by atoms with Gasteiger partial charge in [-0.3, -0.25) is 14.4 Å². The second-order valence-electron chi connectivity index (χ2n) is 5.74. The average Bonchev–Trinajstić information content (AvgIpc) is 2.93. The van der Waals surface area contributed by atoms with Crippen LogP contribution in [-0.2, 0) is 9.59 Å². The van der Waals surface area contributed by atoms with Crippen molar-refractivity contribution >= 4 is 23.3 Å². The van der Waals surface area contributed by atoms with Gasteiger partial charge in [-0.05, 0) is 24.5 Å². The molecule has 5 heteroatoms. The molecule has 0 saturated heterocycles. The molecule has 1 aromatic rings. The number of anilines is 1. The maximum Gasteiger partial charge on any atom is 0.307 e. The number of carbonyl (C=O) groups excluding carboxylic acids is 2. The van der Waals surface area contributed by atoms with Crippen molar-refractivity contribution in [1.29, 1.82) is 0 Å². The fraction of sp³-hybridized carbons (Fsp3) is 0.400. The summed E-state index contributed by atoms with van der Waals surface area (Å²) in [4.78, 5) is 34.5. The molecule has 1 fully saturated rings. The van der Waals surface area contributed by atoms with Crippen LogP contribution in [0.15, 0.2) is 24.3 Å². The Kier molecular flexibility index (Phi) is 3.38. The Hall–Kier alpha value is -2.17. The molecule has 0 aromatic heterocycles. The van der Waals surface area contributed by atoms with Crippen molar-refractivity contribution in [3.05, 3.63) is 29.8 Å². The summed E-state index contributed by atoms with van der Waals surface area (Å²) in [6.45, 7) is 4.98. The zero-order chi connectivity index (χ0) is 15.1. The van der Waals surface area contributed by atoms with Crippen molar-refractivity contribution in [2.75, 3.05) is 5.32 Å². The van der Waals surface area contributed by atoms with Crippen LogP contribution in [0.3, 0.4) is 0 Å². The van der Waals surface area contributed by atoms with Gasteiger partial charge in [-0.15, -0.1) is 0 Å². The normalized spacial score (nSPS) is 22.9. The third-order valence-corrected chi connectivity index (χ3v) is 3.91. The fourth-order valence-corrected chi connectivity index (χ4v) is 2.62. The van der Waals surface area contributed by atoms with Crippen LogP contribution in [0.1, 0.15) is 31.1 Å². The number of ketones is 1. The minimum Gasteiger partial charge on any atom is -0.481 e. The van der Waals surface area contributed by atoms with Crippen LogP contribution in [0.5, 0.6) is 0 Å². The minimum absolute atomic E-state index is 0.0868. The molecular weight excluding hydrogens is 258 g/mol. The van der Waals surface area contributed by atoms with E-state index in [1.165, 1.54) is 6.92 Å². The number of carbonyl (C=O) groups is 3. The number of hydrogen-bond donors (Lipinski definition) is 2. The van der Waals surface area contributed by atoms with Crippen LogP contribution in [0.2, 0.25) is 0 Å². The van der Waals surface area contributed by atoms with Crippen molar-refractivity contribution in [3.8, 4) is 0 Å². The predicted molar refractivity (Wildman–Crippen MR) is 73.5 cm³/mol. The van der Waals surface area contributed by atoms with Gasteiger partial charge in [0.15, 0.2) is 5.78 Å². The summed E-state index contributed by atoms with van der Waals surface area (Å²) in [7, 11) is 0. The summed E-state index contributed by atoms with van der Waals surface area (Å²) in [5.74, 6) is -2.55. The van der Waals surface area contributed by atoms with Crippen LogP contribution in [0.25, 0.3) is 0 Å². The lowest BCUT2D eigenvalue weighted by Crippen LogP contribution is -2.17. The highest BCUT2D eigenvalue weighted by atomic mass is 16.4. The van der Waals surface area contributed by atoms with Crippen molar-refractivity contribution in [1.82, 2.24) is 0 Å². The average molecular weight is 275 g/mol. The van der Waals surface area contributed by atoms with Gasteiger partial charge < -0.3 is 10.4 Å². The second kappa shape index (κ2) is 4.74. The van der Waals surface area contributed by atoms with Crippen molar-refractivity contribution < 1.29 is 19.5 Å². The van der Waals surface area contributed by atoms with Crippen LogP contribution < -0.4 is 5.32 Å². The molecule has 0 aliphatic heterocycles. The Balaban J connectivity index is 2.12. The van der Waals surface area contributed by atoms with E-state index in [2.05, 4.69) is 5.32 Å². The van der Waals surface area contributed by atoms with E-state index in [1.807, 2.05) is 0 Å². The molecule has 0 spiro atoms. The molecule has 2 atom stereocenters. The Bertz CT molecular complexity index is 591. The second-order valence-corrected chi connectivity index (χ2v) is 5.74. The molecule has 5 nitrogen and oxygen atoms in total. The number of rotatable bonds is 4. The van der Waals surface area contributed by atoms with Gasteiger partial charge in [0.1, 0.15) is 0 Å². The lowest BCUT2D eigenvalue weighted by molar-refractivity contribution is -0.140. The lowest BCUT2D eigenvalue weighted by Gasteiger charge is -2.07. The largest absolute Gasteiger partial charge is 0.481 e. The van der Waals surface area contributed by atoms with E-state index >= 15 is 0 Å². The number of nitrogens with one attached hydrogen (secondary N) is 1. The summed E-state index contributed by atoms with van der Waals surface area (Å²) in [6, 6.07) is 6.61. The highest BCUT2D eigenvalue weighted by Gasteiger charge is 2.65. The van der Waals surface area contributed by atoms with Gasteiger partial charge in [0.2, 0.25) is 5.91 Å². The predicted octanol–water partition coefficient (Wildman–Crippen LogP) is 2.18. The van der Waals surface area contributed by atoms with Gasteiger partial charge in [-0.25, -0.2) is 0 Å². The first-order valence-electron chi connectivity index (χ1n) is 6.40. The molecule has 0 bridgehead atoms. The maximum atomic E-state index is 12.1. The van der Waals surface area contributed by atoms with E-state index in [9.17, 15) is 14.4 Å². The van der Waals surface area contributed by atoms with Crippen LogP contribution >= 0.6 is 0 Å². The maximum absolute atomic E-state index is 12.1. The Labute approximate surface area is 117 Å². The number of carboxylic acid groups (broad SMARTS) is 1. The smallest absolute Gasteiger partial charge is 0.307 e. The highest BCUT2D eigenvalue weighted by molar-refractivity contribution is 6.01. The van der Waals surface area contributed by atoms with Crippen molar-refractivity contribution in [2.24, 2.45) is 17.3 Å². The molecule has 1 aliphatic rings. The van der Waals surface area contributed by atoms with E-state index in [0.717, 1.165) is 0 Å². The van der Waals surface area contributed by atoms with E-state index in [-0.39, 0.29) is 11.7 Å². The summed E-state index contributed by atoms with van der Waals surface area (Å²) in [5, 5.41) is 11.8. The van der Waals surface area contributed by atoms with Gasteiger partial charge >= 0.3 is 5.97 Å². The number of aliphatic carboxylic acids is 1. The first-order chi connectivity index (χ1) is 9.25. The van der Waals surface area contributed by atoms with Crippen molar-refractivity contribution in [3.63, 3.8) is 0 Å². The standard InChI is InChI=1S/C15H17NO4/c1-8(17)9-5-4-6-10(7-9)16-13(18)11-12(14(19)20)15(11,2)3/h4-7,11-12H,1-3H3,(H,16,18)(H,19,20)/t11-,12+/m1/s1. The third-order valence-electron chi connectivity index (χ3n) is 3.91. The molecule has 1 saturated carbocycles. The quantitative estimate of drug-likeness (QED) is 0.825. The first-order valence-corrected chi connectivity index (χ1v) is 6.40. The molecule has 0 unspecified atom stereocenters. The molecule has 1 aromatic carbocycles. The first kappa shape index (κ1) is 14.2. The van der Waals surface area contributed by atoms with Crippen LogP contribution in [-0.4, -0.2) is 22.8 Å². The number of benzene rings is 1. The van der Waals surface area contributed by atoms with E-state index in [1.54, 1.807) is 38.1 Å². The van der Waals surface area contributed by atoms with E-state index in [0.29, 0.717) is 11.3 Å². The fourth-order valence-electron chi connectivity index (χ4n) is 2.62. The molecule has 2 rings (SSSR count). The summed E-state index contributed by atoms with van der Waals surface area (Å²) in [6.07, 6.45) is 0. The monoisotopic (exact) mass is 275 g/mol. The molecule has 2 N–H and O–H groups in total. The molecular formula is C15H17NO4.